The molecule has 36 valence electrons. The smallest absolute Gasteiger partial charge is 0.283 e. The Labute approximate surface area is 41.5 Å². The number of thiol groups is 1. The van der Waals surface area contributed by atoms with Crippen molar-refractivity contribution in [3.8, 4) is 0 Å². The molecule has 6 heavy (non-hydrogen) atoms. The maximum absolute atomic E-state index is 9.73. The number of hydrogen-bond donors (Lipinski definition) is 3. The summed E-state index contributed by atoms with van der Waals surface area (Å²) >= 11 is 3.37. The van der Waals surface area contributed by atoms with Gasteiger partial charge in [-0.05, 0) is 0 Å². The normalized spacial score (nSPS) is 7.67. The first kappa shape index (κ1) is 5.78. The van der Waals surface area contributed by atoms with E-state index in [1.54, 1.807) is 7.05 Å². The molecule has 1 amide bonds. The molecule has 0 fully saturated rings. The molecule has 0 atom stereocenters. The number of rotatable bonds is 1. The van der Waals surface area contributed by atoms with Crippen molar-refractivity contribution < 1.29 is 4.79 Å². The highest BCUT2D eigenvalue weighted by atomic mass is 32.1. The monoisotopic (exact) mass is 106 g/mol. The molecule has 3 nitrogen and oxygen atoms in total. The van der Waals surface area contributed by atoms with Crippen molar-refractivity contribution in [1.82, 2.24) is 10.9 Å². The van der Waals surface area contributed by atoms with E-state index in [1.807, 2.05) is 0 Å². The van der Waals surface area contributed by atoms with Crippen LogP contribution in [0.25, 0.3) is 0 Å². The minimum atomic E-state index is -0.377. The van der Waals surface area contributed by atoms with Gasteiger partial charge in [-0.1, -0.05) is 12.6 Å². The SMILES string of the molecule is CNNC(=O)S. The van der Waals surface area contributed by atoms with Crippen LogP contribution >= 0.6 is 12.6 Å². The van der Waals surface area contributed by atoms with Gasteiger partial charge >= 0.3 is 0 Å². The van der Waals surface area contributed by atoms with Crippen LogP contribution in [-0.4, -0.2) is 12.3 Å². The molecule has 0 aliphatic rings. The van der Waals surface area contributed by atoms with Gasteiger partial charge in [0.05, 0.1) is 0 Å². The molecule has 0 heterocycles. The lowest BCUT2D eigenvalue weighted by atomic mass is 11.3. The second kappa shape index (κ2) is 2.99. The number of carbonyl (C=O) groups excluding carboxylic acids is 1. The highest BCUT2D eigenvalue weighted by Crippen LogP contribution is 1.67. The summed E-state index contributed by atoms with van der Waals surface area (Å²) < 4.78 is 0. The van der Waals surface area contributed by atoms with Crippen molar-refractivity contribution in [2.24, 2.45) is 0 Å². The molecular weight excluding hydrogens is 100 g/mol. The molecule has 0 aromatic carbocycles. The highest BCUT2D eigenvalue weighted by Gasteiger charge is 1.79. The fourth-order valence-corrected chi connectivity index (χ4v) is 0.219. The standard InChI is InChI=1S/C2H6N2OS/c1-3-4-2(5)6/h3H,1H3,(H2,4,5,6). The van der Waals surface area contributed by atoms with E-state index in [2.05, 4.69) is 23.5 Å². The van der Waals surface area contributed by atoms with Crippen LogP contribution in [0.2, 0.25) is 0 Å². The Balaban J connectivity index is 2.83. The van der Waals surface area contributed by atoms with E-state index in [1.165, 1.54) is 0 Å². The van der Waals surface area contributed by atoms with Crippen molar-refractivity contribution in [3.05, 3.63) is 0 Å². The number of hydrogen-bond acceptors (Lipinski definition) is 2. The molecule has 0 saturated carbocycles. The Morgan fingerprint density at radius 3 is 2.33 bits per heavy atom. The molecule has 2 N–H and O–H groups in total. The van der Waals surface area contributed by atoms with E-state index in [-0.39, 0.29) is 5.24 Å². The van der Waals surface area contributed by atoms with Crippen molar-refractivity contribution in [2.45, 2.75) is 0 Å². The van der Waals surface area contributed by atoms with Crippen LogP contribution in [0.3, 0.4) is 0 Å². The topological polar surface area (TPSA) is 41.1 Å². The molecule has 0 radical (unpaired) electrons. The first-order valence-electron chi connectivity index (χ1n) is 1.43. The Morgan fingerprint density at radius 2 is 2.33 bits per heavy atom. The van der Waals surface area contributed by atoms with Crippen molar-refractivity contribution in [1.29, 1.82) is 0 Å². The van der Waals surface area contributed by atoms with Crippen molar-refractivity contribution >= 4 is 17.9 Å². The lowest BCUT2D eigenvalue weighted by Gasteiger charge is -1.90. The van der Waals surface area contributed by atoms with Gasteiger partial charge in [0.1, 0.15) is 0 Å². The average molecular weight is 106 g/mol. The van der Waals surface area contributed by atoms with Crippen LogP contribution in [-0.2, 0) is 0 Å². The lowest BCUT2D eigenvalue weighted by molar-refractivity contribution is 0.258. The van der Waals surface area contributed by atoms with Gasteiger partial charge in [-0.15, -0.1) is 0 Å². The maximum Gasteiger partial charge on any atom is 0.290 e. The van der Waals surface area contributed by atoms with E-state index >= 15 is 0 Å². The molecule has 0 unspecified atom stereocenters. The lowest BCUT2D eigenvalue weighted by Crippen LogP contribution is -2.29. The number of amides is 1. The Bertz CT molecular complexity index is 55.5. The summed E-state index contributed by atoms with van der Waals surface area (Å²) in [7, 11) is 1.59. The Kier molecular flexibility index (Phi) is 2.88. The summed E-state index contributed by atoms with van der Waals surface area (Å²) in [5.41, 5.74) is 4.57. The van der Waals surface area contributed by atoms with Gasteiger partial charge < -0.3 is 0 Å². The van der Waals surface area contributed by atoms with Crippen molar-refractivity contribution in [2.75, 3.05) is 7.05 Å². The molecule has 0 rings (SSSR count). The van der Waals surface area contributed by atoms with E-state index in [9.17, 15) is 4.79 Å². The van der Waals surface area contributed by atoms with Crippen LogP contribution in [0.1, 0.15) is 0 Å². The van der Waals surface area contributed by atoms with Gasteiger partial charge in [-0.3, -0.25) is 10.2 Å². The molecule has 0 aliphatic heterocycles. The molecule has 0 aromatic rings. The third-order valence-corrected chi connectivity index (χ3v) is 0.344. The second-order valence-electron chi connectivity index (χ2n) is 0.680. The maximum atomic E-state index is 9.73. The van der Waals surface area contributed by atoms with Gasteiger partial charge in [0.2, 0.25) is 0 Å². The minimum absolute atomic E-state index is 0.377. The summed E-state index contributed by atoms with van der Waals surface area (Å²) in [6, 6.07) is 0. The zero-order valence-electron chi connectivity index (χ0n) is 3.36. The molecular formula is C2H6N2OS. The number of carbonyl (C=O) groups is 1. The Hall–Kier alpha value is -0.220. The average Bonchev–Trinajstić information content (AvgIpc) is 1.35. The zero-order valence-corrected chi connectivity index (χ0v) is 4.25. The summed E-state index contributed by atoms with van der Waals surface area (Å²) in [5.74, 6) is 0. The van der Waals surface area contributed by atoms with Gasteiger partial charge in [-0.25, -0.2) is 5.43 Å². The predicted molar refractivity (Wildman–Crippen MR) is 26.6 cm³/mol. The molecule has 0 saturated heterocycles. The molecule has 0 aromatic heterocycles. The van der Waals surface area contributed by atoms with Crippen molar-refractivity contribution in [3.63, 3.8) is 0 Å². The number of nitrogens with one attached hydrogen (secondary N) is 2. The molecule has 4 heteroatoms. The fraction of sp³-hybridized carbons (Fsp3) is 0.500. The zero-order chi connectivity index (χ0) is 4.99. The summed E-state index contributed by atoms with van der Waals surface area (Å²) in [5, 5.41) is -0.377. The quantitative estimate of drug-likeness (QED) is 0.319. The van der Waals surface area contributed by atoms with Crippen LogP contribution in [0, 0.1) is 0 Å². The first-order chi connectivity index (χ1) is 2.77. The number of hydrazine groups is 1. The van der Waals surface area contributed by atoms with Crippen LogP contribution < -0.4 is 10.9 Å². The van der Waals surface area contributed by atoms with Gasteiger partial charge in [0, 0.05) is 7.05 Å². The van der Waals surface area contributed by atoms with Crippen LogP contribution in [0.5, 0.6) is 0 Å². The summed E-state index contributed by atoms with van der Waals surface area (Å²) in [4.78, 5) is 9.73. The second-order valence-corrected chi connectivity index (χ2v) is 1.09. The van der Waals surface area contributed by atoms with E-state index < -0.39 is 0 Å². The van der Waals surface area contributed by atoms with E-state index in [4.69, 9.17) is 0 Å². The van der Waals surface area contributed by atoms with Crippen LogP contribution in [0.4, 0.5) is 4.79 Å². The summed E-state index contributed by atoms with van der Waals surface area (Å²) in [6.07, 6.45) is 0. The third-order valence-electron chi connectivity index (χ3n) is 0.232. The first-order valence-corrected chi connectivity index (χ1v) is 1.87. The molecule has 0 bridgehead atoms. The Morgan fingerprint density at radius 1 is 1.83 bits per heavy atom. The van der Waals surface area contributed by atoms with Crippen LogP contribution in [0.15, 0.2) is 0 Å². The van der Waals surface area contributed by atoms with E-state index in [0.29, 0.717) is 0 Å². The largest absolute Gasteiger partial charge is 0.290 e. The van der Waals surface area contributed by atoms with Gasteiger partial charge in [0.15, 0.2) is 0 Å². The summed E-state index contributed by atoms with van der Waals surface area (Å²) in [6.45, 7) is 0. The van der Waals surface area contributed by atoms with E-state index in [0.717, 1.165) is 0 Å². The minimum Gasteiger partial charge on any atom is -0.283 e. The highest BCUT2D eigenvalue weighted by molar-refractivity contribution is 7.96. The van der Waals surface area contributed by atoms with Gasteiger partial charge in [0.25, 0.3) is 5.24 Å². The fourth-order valence-electron chi connectivity index (χ4n) is 0.107. The predicted octanol–water partition coefficient (Wildman–Crippen LogP) is -0.240. The molecule has 0 spiro atoms. The van der Waals surface area contributed by atoms with Gasteiger partial charge in [-0.2, -0.15) is 0 Å². The molecule has 0 aliphatic carbocycles. The third kappa shape index (κ3) is 3.78.